The Labute approximate surface area is 151 Å². The predicted octanol–water partition coefficient (Wildman–Crippen LogP) is 3.49. The second kappa shape index (κ2) is 7.95. The second-order valence-corrected chi connectivity index (χ2v) is 6.33. The fourth-order valence-corrected chi connectivity index (χ4v) is 2.46. The first-order valence-electron chi connectivity index (χ1n) is 8.29. The molecule has 1 aromatic heterocycles. The maximum atomic E-state index is 12.5. The number of esters is 1. The van der Waals surface area contributed by atoms with Crippen LogP contribution in [0, 0.1) is 6.92 Å². The van der Waals surface area contributed by atoms with Crippen LogP contribution in [0.1, 0.15) is 65.8 Å². The smallest absolute Gasteiger partial charge is 0.344 e. The number of carbonyl (C=O) groups is 3. The molecule has 1 heterocycles. The molecule has 2 rings (SSSR count). The van der Waals surface area contributed by atoms with Gasteiger partial charge in [-0.05, 0) is 38.1 Å². The first-order valence-corrected chi connectivity index (χ1v) is 8.29. The van der Waals surface area contributed by atoms with Crippen molar-refractivity contribution in [1.29, 1.82) is 0 Å². The van der Waals surface area contributed by atoms with Gasteiger partial charge in [0, 0.05) is 24.1 Å². The summed E-state index contributed by atoms with van der Waals surface area (Å²) in [7, 11) is 0. The Hall–Kier alpha value is -2.96. The van der Waals surface area contributed by atoms with Crippen molar-refractivity contribution in [2.75, 3.05) is 5.32 Å². The van der Waals surface area contributed by atoms with E-state index in [1.807, 2.05) is 13.8 Å². The van der Waals surface area contributed by atoms with Crippen LogP contribution in [-0.2, 0) is 9.53 Å². The van der Waals surface area contributed by atoms with Crippen LogP contribution < -0.4 is 5.32 Å². The molecule has 138 valence electrons. The maximum Gasteiger partial charge on any atom is 0.344 e. The van der Waals surface area contributed by atoms with Crippen molar-refractivity contribution in [3.63, 3.8) is 0 Å². The maximum absolute atomic E-state index is 12.5. The minimum Gasteiger partial charge on any atom is -0.451 e. The number of ether oxygens (including phenoxy) is 1. The summed E-state index contributed by atoms with van der Waals surface area (Å²) in [6.45, 7) is 8.32. The van der Waals surface area contributed by atoms with Crippen molar-refractivity contribution in [3.05, 3.63) is 46.8 Å². The number of aromatic nitrogens is 1. The fraction of sp³-hybridized carbons (Fsp3) is 0.368. The third-order valence-electron chi connectivity index (χ3n) is 3.76. The lowest BCUT2D eigenvalue weighted by molar-refractivity contribution is -0.114. The van der Waals surface area contributed by atoms with Gasteiger partial charge in [0.1, 0.15) is 5.56 Å². The Morgan fingerprint density at radius 3 is 2.27 bits per heavy atom. The van der Waals surface area contributed by atoms with Gasteiger partial charge in [0.25, 0.3) is 0 Å². The molecule has 7 nitrogen and oxygen atoms in total. The quantitative estimate of drug-likeness (QED) is 0.627. The van der Waals surface area contributed by atoms with E-state index >= 15 is 0 Å². The highest BCUT2D eigenvalue weighted by molar-refractivity contribution is 6.02. The SMILES string of the molecule is CC(=O)Nc1ccc(C(=O)C(C)OC(=O)c2c(C)noc2C(C)C)cc1. The van der Waals surface area contributed by atoms with Crippen molar-refractivity contribution in [3.8, 4) is 0 Å². The van der Waals surface area contributed by atoms with Gasteiger partial charge in [0.15, 0.2) is 11.9 Å². The number of hydrogen-bond acceptors (Lipinski definition) is 6. The number of rotatable bonds is 6. The molecule has 0 radical (unpaired) electrons. The lowest BCUT2D eigenvalue weighted by atomic mass is 10.0. The molecule has 1 atom stereocenters. The molecule has 0 aliphatic carbocycles. The molecule has 2 aromatic rings. The van der Waals surface area contributed by atoms with Gasteiger partial charge in [-0.15, -0.1) is 0 Å². The summed E-state index contributed by atoms with van der Waals surface area (Å²) in [6.07, 6.45) is -0.969. The van der Waals surface area contributed by atoms with Crippen LogP contribution in [0.4, 0.5) is 5.69 Å². The average Bonchev–Trinajstić information content (AvgIpc) is 2.96. The number of Topliss-reactive ketones (excluding diaryl/α,β-unsaturated/α-hetero) is 1. The summed E-state index contributed by atoms with van der Waals surface area (Å²) in [5.41, 5.74) is 1.66. The molecule has 0 aliphatic rings. The van der Waals surface area contributed by atoms with Crippen molar-refractivity contribution in [1.82, 2.24) is 5.16 Å². The molecular formula is C19H22N2O5. The molecule has 7 heteroatoms. The Balaban J connectivity index is 2.10. The number of amides is 1. The van der Waals surface area contributed by atoms with Crippen molar-refractivity contribution in [2.24, 2.45) is 0 Å². The van der Waals surface area contributed by atoms with Crippen molar-refractivity contribution < 1.29 is 23.6 Å². The van der Waals surface area contributed by atoms with Crippen LogP contribution in [0.3, 0.4) is 0 Å². The third kappa shape index (κ3) is 4.36. The van der Waals surface area contributed by atoms with Crippen LogP contribution in [0.25, 0.3) is 0 Å². The number of hydrogen-bond donors (Lipinski definition) is 1. The van der Waals surface area contributed by atoms with Gasteiger partial charge in [0.2, 0.25) is 11.7 Å². The topological polar surface area (TPSA) is 98.5 Å². The summed E-state index contributed by atoms with van der Waals surface area (Å²) in [6, 6.07) is 6.37. The monoisotopic (exact) mass is 358 g/mol. The van der Waals surface area contributed by atoms with Gasteiger partial charge in [0.05, 0.1) is 5.69 Å². The zero-order valence-corrected chi connectivity index (χ0v) is 15.5. The number of benzene rings is 1. The fourth-order valence-electron chi connectivity index (χ4n) is 2.46. The largest absolute Gasteiger partial charge is 0.451 e. The number of carbonyl (C=O) groups excluding carboxylic acids is 3. The number of anilines is 1. The summed E-state index contributed by atoms with van der Waals surface area (Å²) >= 11 is 0. The minimum absolute atomic E-state index is 0.0360. The highest BCUT2D eigenvalue weighted by atomic mass is 16.5. The second-order valence-electron chi connectivity index (χ2n) is 6.33. The molecule has 0 saturated heterocycles. The van der Waals surface area contributed by atoms with E-state index in [1.54, 1.807) is 31.2 Å². The Morgan fingerprint density at radius 2 is 1.73 bits per heavy atom. The Bertz CT molecular complexity index is 821. The number of ketones is 1. The first-order chi connectivity index (χ1) is 12.2. The van der Waals surface area contributed by atoms with Crippen LogP contribution in [0.15, 0.2) is 28.8 Å². The van der Waals surface area contributed by atoms with Crippen LogP contribution in [0.2, 0.25) is 0 Å². The molecular weight excluding hydrogens is 336 g/mol. The van der Waals surface area contributed by atoms with E-state index in [4.69, 9.17) is 9.26 Å². The lowest BCUT2D eigenvalue weighted by Gasteiger charge is -2.13. The zero-order valence-electron chi connectivity index (χ0n) is 15.5. The van der Waals surface area contributed by atoms with Gasteiger partial charge >= 0.3 is 5.97 Å². The van der Waals surface area contributed by atoms with E-state index in [9.17, 15) is 14.4 Å². The summed E-state index contributed by atoms with van der Waals surface area (Å²) in [4.78, 5) is 36.0. The highest BCUT2D eigenvalue weighted by Crippen LogP contribution is 2.23. The number of nitrogens with one attached hydrogen (secondary N) is 1. The van der Waals surface area contributed by atoms with E-state index in [2.05, 4.69) is 10.5 Å². The molecule has 1 aromatic carbocycles. The zero-order chi connectivity index (χ0) is 19.4. The molecule has 0 fully saturated rings. The Kier molecular flexibility index (Phi) is 5.92. The van der Waals surface area contributed by atoms with Crippen LogP contribution >= 0.6 is 0 Å². The third-order valence-corrected chi connectivity index (χ3v) is 3.76. The number of nitrogens with zero attached hydrogens (tertiary/aromatic N) is 1. The molecule has 26 heavy (non-hydrogen) atoms. The standard InChI is InChI=1S/C19H22N2O5/c1-10(2)18-16(11(3)21-26-18)19(24)25-12(4)17(23)14-6-8-15(9-7-14)20-13(5)22/h6-10,12H,1-5H3,(H,20,22). The summed E-state index contributed by atoms with van der Waals surface area (Å²) in [5.74, 6) is -0.773. The van der Waals surface area contributed by atoms with E-state index in [0.29, 0.717) is 22.7 Å². The molecule has 1 N–H and O–H groups in total. The van der Waals surface area contributed by atoms with Gasteiger partial charge < -0.3 is 14.6 Å². The van der Waals surface area contributed by atoms with Gasteiger partial charge in [-0.1, -0.05) is 19.0 Å². The molecule has 0 aliphatic heterocycles. The van der Waals surface area contributed by atoms with Gasteiger partial charge in [-0.3, -0.25) is 9.59 Å². The van der Waals surface area contributed by atoms with Crippen LogP contribution in [0.5, 0.6) is 0 Å². The normalized spacial score (nSPS) is 11.9. The highest BCUT2D eigenvalue weighted by Gasteiger charge is 2.27. The molecule has 0 spiro atoms. The molecule has 1 unspecified atom stereocenters. The minimum atomic E-state index is -0.969. The average molecular weight is 358 g/mol. The van der Waals surface area contributed by atoms with E-state index < -0.39 is 12.1 Å². The molecule has 1 amide bonds. The summed E-state index contributed by atoms with van der Waals surface area (Å²) < 4.78 is 10.5. The van der Waals surface area contributed by atoms with Crippen molar-refractivity contribution >= 4 is 23.3 Å². The van der Waals surface area contributed by atoms with Gasteiger partial charge in [-0.25, -0.2) is 4.79 Å². The van der Waals surface area contributed by atoms with E-state index in [1.165, 1.54) is 13.8 Å². The molecule has 0 saturated carbocycles. The predicted molar refractivity (Wildman–Crippen MR) is 95.3 cm³/mol. The first kappa shape index (κ1) is 19.4. The molecule has 0 bridgehead atoms. The lowest BCUT2D eigenvalue weighted by Crippen LogP contribution is -2.25. The van der Waals surface area contributed by atoms with E-state index in [0.717, 1.165) is 0 Å². The van der Waals surface area contributed by atoms with E-state index in [-0.39, 0.29) is 23.2 Å². The van der Waals surface area contributed by atoms with Crippen LogP contribution in [-0.4, -0.2) is 28.9 Å². The number of aryl methyl sites for hydroxylation is 1. The Morgan fingerprint density at radius 1 is 1.12 bits per heavy atom. The summed E-state index contributed by atoms with van der Waals surface area (Å²) in [5, 5.41) is 6.43. The van der Waals surface area contributed by atoms with Crippen molar-refractivity contribution in [2.45, 2.75) is 46.6 Å². The van der Waals surface area contributed by atoms with Gasteiger partial charge in [-0.2, -0.15) is 0 Å².